The van der Waals surface area contributed by atoms with Gasteiger partial charge in [-0.05, 0) is 5.57 Å². The fourth-order valence-electron chi connectivity index (χ4n) is 2.05. The number of allylic oxidation sites excluding steroid dienone is 4. The van der Waals surface area contributed by atoms with Gasteiger partial charge in [0.1, 0.15) is 0 Å². The van der Waals surface area contributed by atoms with Crippen molar-refractivity contribution in [3.8, 4) is 11.4 Å². The van der Waals surface area contributed by atoms with Crippen molar-refractivity contribution in [1.29, 1.82) is 0 Å². The van der Waals surface area contributed by atoms with E-state index < -0.39 is 0 Å². The normalized spacial score (nSPS) is 12.5. The number of nitrogens with zero attached hydrogens (tertiary/aromatic N) is 4. The maximum Gasteiger partial charge on any atom is 0.212 e. The number of hydrogen-bond acceptors (Lipinski definition) is 4. The van der Waals surface area contributed by atoms with E-state index in [-0.39, 0.29) is 0 Å². The van der Waals surface area contributed by atoms with Crippen molar-refractivity contribution in [2.24, 2.45) is 5.10 Å². The maximum absolute atomic E-state index is 4.67. The predicted molar refractivity (Wildman–Crippen MR) is 110 cm³/mol. The van der Waals surface area contributed by atoms with E-state index in [1.807, 2.05) is 64.1 Å². The van der Waals surface area contributed by atoms with Gasteiger partial charge >= 0.3 is 0 Å². The van der Waals surface area contributed by atoms with Gasteiger partial charge in [-0.25, -0.2) is 0 Å². The fraction of sp³-hybridized carbons (Fsp3) is 0.250. The summed E-state index contributed by atoms with van der Waals surface area (Å²) in [4.78, 5) is 0. The van der Waals surface area contributed by atoms with Crippen LogP contribution in [0.1, 0.15) is 27.7 Å². The van der Waals surface area contributed by atoms with E-state index in [1.54, 1.807) is 28.6 Å². The molecular formula is C20H26N4S. The van der Waals surface area contributed by atoms with Crippen LogP contribution in [0.4, 0.5) is 0 Å². The number of rotatable bonds is 4. The Balaban J connectivity index is 0.000000730. The van der Waals surface area contributed by atoms with Gasteiger partial charge in [0.05, 0.1) is 5.71 Å². The first kappa shape index (κ1) is 20.6. The van der Waals surface area contributed by atoms with E-state index in [2.05, 4.69) is 28.5 Å². The summed E-state index contributed by atoms with van der Waals surface area (Å²) in [6, 6.07) is 9.93. The first-order valence-corrected chi connectivity index (χ1v) is 9.49. The molecule has 3 rings (SSSR count). The summed E-state index contributed by atoms with van der Waals surface area (Å²) in [5.74, 6) is 1.50. The van der Waals surface area contributed by atoms with Crippen molar-refractivity contribution in [3.05, 3.63) is 67.3 Å². The lowest BCUT2D eigenvalue weighted by Gasteiger charge is -2.14. The molecule has 5 heteroatoms. The van der Waals surface area contributed by atoms with E-state index in [0.717, 1.165) is 33.6 Å². The third-order valence-electron chi connectivity index (χ3n) is 3.05. The third-order valence-corrected chi connectivity index (χ3v) is 3.98. The van der Waals surface area contributed by atoms with Crippen LogP contribution in [0.25, 0.3) is 11.4 Å². The Morgan fingerprint density at radius 2 is 1.76 bits per heavy atom. The molecule has 0 spiro atoms. The summed E-state index contributed by atoms with van der Waals surface area (Å²) in [6.07, 6.45) is 5.44. The highest BCUT2D eigenvalue weighted by molar-refractivity contribution is 7.99. The van der Waals surface area contributed by atoms with Gasteiger partial charge < -0.3 is 0 Å². The molecule has 0 fully saturated rings. The zero-order valence-corrected chi connectivity index (χ0v) is 16.3. The third kappa shape index (κ3) is 5.03. The molecule has 1 aliphatic heterocycles. The highest BCUT2D eigenvalue weighted by Gasteiger charge is 2.20. The van der Waals surface area contributed by atoms with Crippen LogP contribution in [-0.4, -0.2) is 26.3 Å². The van der Waals surface area contributed by atoms with Gasteiger partial charge in [0.2, 0.25) is 5.16 Å². The molecule has 1 aliphatic rings. The molecule has 0 saturated carbocycles. The molecule has 4 nitrogen and oxygen atoms in total. The Hall–Kier alpha value is -2.40. The first-order chi connectivity index (χ1) is 12.3. The van der Waals surface area contributed by atoms with Crippen LogP contribution in [0.5, 0.6) is 0 Å². The number of benzene rings is 1. The van der Waals surface area contributed by atoms with Crippen molar-refractivity contribution in [2.45, 2.75) is 32.9 Å². The van der Waals surface area contributed by atoms with E-state index in [1.165, 1.54) is 0 Å². The van der Waals surface area contributed by atoms with E-state index in [9.17, 15) is 0 Å². The van der Waals surface area contributed by atoms with Crippen LogP contribution in [0.3, 0.4) is 0 Å². The molecule has 0 atom stereocenters. The first-order valence-electron chi connectivity index (χ1n) is 8.50. The second-order valence-corrected chi connectivity index (χ2v) is 5.32. The second kappa shape index (κ2) is 11.2. The fourth-order valence-corrected chi connectivity index (χ4v) is 2.88. The average Bonchev–Trinajstić information content (AvgIpc) is 3.13. The zero-order valence-electron chi connectivity index (χ0n) is 15.4. The Morgan fingerprint density at radius 1 is 1.08 bits per heavy atom. The molecule has 0 unspecified atom stereocenters. The van der Waals surface area contributed by atoms with Crippen molar-refractivity contribution in [3.63, 3.8) is 0 Å². The van der Waals surface area contributed by atoms with Crippen molar-refractivity contribution >= 4 is 17.5 Å². The minimum absolute atomic E-state index is 0.748. The smallest absolute Gasteiger partial charge is 0.187 e. The lowest BCUT2D eigenvalue weighted by Crippen LogP contribution is -2.14. The summed E-state index contributed by atoms with van der Waals surface area (Å²) in [5, 5.41) is 13.9. The predicted octanol–water partition coefficient (Wildman–Crippen LogP) is 5.61. The van der Waals surface area contributed by atoms with Crippen LogP contribution in [-0.2, 0) is 0 Å². The van der Waals surface area contributed by atoms with Gasteiger partial charge in [0.25, 0.3) is 0 Å². The molecule has 0 aliphatic carbocycles. The molecule has 0 N–H and O–H groups in total. The quantitative estimate of drug-likeness (QED) is 0.671. The molecular weight excluding hydrogens is 328 g/mol. The standard InChI is InChI=1S/C16H14N4S.2C2H6/c1-3-8-12(4-2)14-11-21-16-18-17-15(20(16)19-14)13-9-6-5-7-10-13;2*1-2/h3-10H,1-2,11H2;2*1-2H3/b12-8+;;. The van der Waals surface area contributed by atoms with Gasteiger partial charge in [-0.2, -0.15) is 9.78 Å². The molecule has 1 aromatic heterocycles. The minimum Gasteiger partial charge on any atom is -0.187 e. The minimum atomic E-state index is 0.748. The Morgan fingerprint density at radius 3 is 2.36 bits per heavy atom. The van der Waals surface area contributed by atoms with Crippen molar-refractivity contribution < 1.29 is 0 Å². The highest BCUT2D eigenvalue weighted by Crippen LogP contribution is 2.28. The summed E-state index contributed by atoms with van der Waals surface area (Å²) in [7, 11) is 0. The number of aromatic nitrogens is 3. The molecule has 0 saturated heterocycles. The van der Waals surface area contributed by atoms with E-state index in [4.69, 9.17) is 0 Å². The van der Waals surface area contributed by atoms with Gasteiger partial charge in [0, 0.05) is 11.3 Å². The summed E-state index contributed by atoms with van der Waals surface area (Å²) in [5.41, 5.74) is 2.91. The van der Waals surface area contributed by atoms with Crippen molar-refractivity contribution in [1.82, 2.24) is 14.9 Å². The van der Waals surface area contributed by atoms with Crippen molar-refractivity contribution in [2.75, 3.05) is 5.75 Å². The number of hydrogen-bond donors (Lipinski definition) is 0. The van der Waals surface area contributed by atoms with Crippen LogP contribution in [0.2, 0.25) is 0 Å². The van der Waals surface area contributed by atoms with Crippen LogP contribution in [0, 0.1) is 0 Å². The maximum atomic E-state index is 4.67. The molecule has 0 amide bonds. The summed E-state index contributed by atoms with van der Waals surface area (Å²) in [6.45, 7) is 15.6. The van der Waals surface area contributed by atoms with Crippen LogP contribution >= 0.6 is 11.8 Å². The van der Waals surface area contributed by atoms with Crippen LogP contribution in [0.15, 0.2) is 77.5 Å². The number of fused-ring (bicyclic) bond motifs is 1. The molecule has 1 aromatic carbocycles. The monoisotopic (exact) mass is 354 g/mol. The zero-order chi connectivity index (χ0) is 18.7. The lowest BCUT2D eigenvalue weighted by molar-refractivity contribution is 0.762. The Labute approximate surface area is 155 Å². The van der Waals surface area contributed by atoms with E-state index in [0.29, 0.717) is 0 Å². The molecule has 132 valence electrons. The van der Waals surface area contributed by atoms with Gasteiger partial charge in [0.15, 0.2) is 5.82 Å². The summed E-state index contributed by atoms with van der Waals surface area (Å²) < 4.78 is 1.79. The number of thioether (sulfide) groups is 1. The summed E-state index contributed by atoms with van der Waals surface area (Å²) >= 11 is 1.62. The van der Waals surface area contributed by atoms with Crippen LogP contribution < -0.4 is 0 Å². The Kier molecular flexibility index (Phi) is 9.25. The van der Waals surface area contributed by atoms with Gasteiger partial charge in [-0.1, -0.05) is 101 Å². The van der Waals surface area contributed by atoms with Gasteiger partial charge in [-0.15, -0.1) is 10.2 Å². The average molecular weight is 355 g/mol. The van der Waals surface area contributed by atoms with E-state index >= 15 is 0 Å². The highest BCUT2D eigenvalue weighted by atomic mass is 32.2. The molecule has 0 radical (unpaired) electrons. The Bertz CT molecular complexity index is 742. The molecule has 25 heavy (non-hydrogen) atoms. The van der Waals surface area contributed by atoms with Gasteiger partial charge in [-0.3, -0.25) is 0 Å². The second-order valence-electron chi connectivity index (χ2n) is 4.38. The molecule has 0 bridgehead atoms. The molecule has 2 aromatic rings. The topological polar surface area (TPSA) is 43.1 Å². The lowest BCUT2D eigenvalue weighted by atomic mass is 10.1. The SMILES string of the molecule is C=C/C=C(\C=C)C1=Nn2c(nnc2-c2ccccc2)SC1.CC.CC. The molecule has 2 heterocycles. The largest absolute Gasteiger partial charge is 0.212 e.